The van der Waals surface area contributed by atoms with Crippen molar-refractivity contribution in [3.05, 3.63) is 40.6 Å². The van der Waals surface area contributed by atoms with Crippen LogP contribution in [0.4, 0.5) is 11.4 Å². The Morgan fingerprint density at radius 2 is 2.00 bits per heavy atom. The lowest BCUT2D eigenvalue weighted by Crippen LogP contribution is -2.34. The highest BCUT2D eigenvalue weighted by Gasteiger charge is 2.12. The van der Waals surface area contributed by atoms with Gasteiger partial charge in [0.15, 0.2) is 5.11 Å². The molecule has 138 valence electrons. The van der Waals surface area contributed by atoms with Gasteiger partial charge in [-0.25, -0.2) is 0 Å². The number of rotatable bonds is 6. The van der Waals surface area contributed by atoms with Crippen molar-refractivity contribution in [3.63, 3.8) is 0 Å². The van der Waals surface area contributed by atoms with Gasteiger partial charge in [-0.2, -0.15) is 0 Å². The molecule has 0 bridgehead atoms. The highest BCUT2D eigenvalue weighted by atomic mass is 32.1. The molecule has 6 nitrogen and oxygen atoms in total. The number of thiocarbonyl (C=S) groups is 1. The molecule has 8 heteroatoms. The first-order valence-corrected chi connectivity index (χ1v) is 9.31. The molecule has 0 aliphatic rings. The summed E-state index contributed by atoms with van der Waals surface area (Å²) in [6.07, 6.45) is 0.402. The van der Waals surface area contributed by atoms with Crippen LogP contribution in [0.15, 0.2) is 35.7 Å². The standard InChI is InChI=1S/C18H21N3O3S2/c1-11(2)9-16(22)21-18(25)19-12-6-7-13(14(10-12)24-3)20-17(23)15-5-4-8-26-15/h4-8,10-11H,9H2,1-3H3,(H,20,23)(H2,19,21,22,25). The smallest absolute Gasteiger partial charge is 0.265 e. The molecule has 0 saturated carbocycles. The summed E-state index contributed by atoms with van der Waals surface area (Å²) in [7, 11) is 1.52. The molecule has 2 rings (SSSR count). The van der Waals surface area contributed by atoms with Crippen LogP contribution in [0.1, 0.15) is 29.9 Å². The molecule has 26 heavy (non-hydrogen) atoms. The number of carbonyl (C=O) groups excluding carboxylic acids is 2. The van der Waals surface area contributed by atoms with E-state index in [0.29, 0.717) is 28.4 Å². The maximum atomic E-state index is 12.2. The summed E-state index contributed by atoms with van der Waals surface area (Å²) >= 11 is 6.51. The van der Waals surface area contributed by atoms with Crippen molar-refractivity contribution in [1.82, 2.24) is 5.32 Å². The molecule has 1 aromatic heterocycles. The number of anilines is 2. The maximum absolute atomic E-state index is 12.2. The Bertz CT molecular complexity index is 789. The third-order valence-corrected chi connectivity index (χ3v) is 4.37. The minimum atomic E-state index is -0.199. The van der Waals surface area contributed by atoms with E-state index in [9.17, 15) is 9.59 Å². The Kier molecular flexibility index (Phi) is 7.11. The molecule has 2 aromatic rings. The van der Waals surface area contributed by atoms with E-state index in [2.05, 4.69) is 16.0 Å². The average molecular weight is 392 g/mol. The number of carbonyl (C=O) groups is 2. The van der Waals surface area contributed by atoms with Gasteiger partial charge in [-0.3, -0.25) is 9.59 Å². The third-order valence-electron chi connectivity index (χ3n) is 3.30. The largest absolute Gasteiger partial charge is 0.494 e. The Hall–Kier alpha value is -2.45. The van der Waals surface area contributed by atoms with E-state index in [4.69, 9.17) is 17.0 Å². The van der Waals surface area contributed by atoms with E-state index in [-0.39, 0.29) is 22.8 Å². The molecule has 0 unspecified atom stereocenters. The van der Waals surface area contributed by atoms with E-state index < -0.39 is 0 Å². The molecule has 0 aliphatic heterocycles. The molecular weight excluding hydrogens is 370 g/mol. The molecule has 0 saturated heterocycles. The van der Waals surface area contributed by atoms with Gasteiger partial charge in [-0.05, 0) is 41.7 Å². The van der Waals surface area contributed by atoms with Gasteiger partial charge in [-0.1, -0.05) is 19.9 Å². The van der Waals surface area contributed by atoms with Crippen LogP contribution >= 0.6 is 23.6 Å². The van der Waals surface area contributed by atoms with Crippen molar-refractivity contribution in [2.75, 3.05) is 17.7 Å². The fourth-order valence-corrected chi connectivity index (χ4v) is 3.03. The number of benzene rings is 1. The Morgan fingerprint density at radius 3 is 2.62 bits per heavy atom. The maximum Gasteiger partial charge on any atom is 0.265 e. The Balaban J connectivity index is 2.02. The van der Waals surface area contributed by atoms with E-state index in [1.807, 2.05) is 25.3 Å². The summed E-state index contributed by atoms with van der Waals surface area (Å²) in [4.78, 5) is 24.5. The van der Waals surface area contributed by atoms with Crippen molar-refractivity contribution in [2.24, 2.45) is 5.92 Å². The second-order valence-electron chi connectivity index (χ2n) is 5.95. The number of ether oxygens (including phenoxy) is 1. The van der Waals surface area contributed by atoms with E-state index >= 15 is 0 Å². The fraction of sp³-hybridized carbons (Fsp3) is 0.278. The van der Waals surface area contributed by atoms with Crippen molar-refractivity contribution < 1.29 is 14.3 Å². The summed E-state index contributed by atoms with van der Waals surface area (Å²) in [6, 6.07) is 8.72. The number of hydrogen-bond acceptors (Lipinski definition) is 5. The summed E-state index contributed by atoms with van der Waals surface area (Å²) in [5.74, 6) is 0.403. The van der Waals surface area contributed by atoms with Crippen LogP contribution in [-0.2, 0) is 4.79 Å². The SMILES string of the molecule is COc1cc(NC(=S)NC(=O)CC(C)C)ccc1NC(=O)c1cccs1. The van der Waals surface area contributed by atoms with Gasteiger partial charge in [-0.15, -0.1) is 11.3 Å². The normalized spacial score (nSPS) is 10.3. The zero-order valence-electron chi connectivity index (χ0n) is 14.8. The first-order valence-electron chi connectivity index (χ1n) is 8.02. The lowest BCUT2D eigenvalue weighted by atomic mass is 10.1. The van der Waals surface area contributed by atoms with E-state index in [1.54, 1.807) is 24.3 Å². The molecule has 0 atom stereocenters. The minimum absolute atomic E-state index is 0.135. The van der Waals surface area contributed by atoms with Crippen molar-refractivity contribution in [3.8, 4) is 5.75 Å². The molecule has 0 aliphatic carbocycles. The summed E-state index contributed by atoms with van der Waals surface area (Å²) in [5, 5.41) is 10.4. The first kappa shape index (κ1) is 19.9. The lowest BCUT2D eigenvalue weighted by molar-refractivity contribution is -0.120. The molecule has 1 heterocycles. The van der Waals surface area contributed by atoms with Crippen LogP contribution in [0.3, 0.4) is 0 Å². The van der Waals surface area contributed by atoms with E-state index in [1.165, 1.54) is 18.4 Å². The average Bonchev–Trinajstić information content (AvgIpc) is 3.09. The molecule has 2 amide bonds. The zero-order chi connectivity index (χ0) is 19.1. The van der Waals surface area contributed by atoms with Gasteiger partial charge in [0.05, 0.1) is 17.7 Å². The Labute approximate surface area is 161 Å². The molecular formula is C18H21N3O3S2. The highest BCUT2D eigenvalue weighted by molar-refractivity contribution is 7.80. The quantitative estimate of drug-likeness (QED) is 0.652. The second-order valence-corrected chi connectivity index (χ2v) is 7.30. The van der Waals surface area contributed by atoms with Crippen molar-refractivity contribution >= 4 is 51.9 Å². The van der Waals surface area contributed by atoms with Crippen molar-refractivity contribution in [2.45, 2.75) is 20.3 Å². The van der Waals surface area contributed by atoms with Gasteiger partial charge in [0.2, 0.25) is 5.91 Å². The van der Waals surface area contributed by atoms with Gasteiger partial charge < -0.3 is 20.7 Å². The van der Waals surface area contributed by atoms with E-state index in [0.717, 1.165) is 0 Å². The second kappa shape index (κ2) is 9.30. The van der Waals surface area contributed by atoms with Gasteiger partial charge in [0.1, 0.15) is 5.75 Å². The van der Waals surface area contributed by atoms with Crippen molar-refractivity contribution in [1.29, 1.82) is 0 Å². The predicted octanol–water partition coefficient (Wildman–Crippen LogP) is 3.87. The monoisotopic (exact) mass is 391 g/mol. The number of thiophene rings is 1. The van der Waals surface area contributed by atoms with Crippen LogP contribution in [0.25, 0.3) is 0 Å². The predicted molar refractivity (Wildman–Crippen MR) is 109 cm³/mol. The molecule has 3 N–H and O–H groups in total. The topological polar surface area (TPSA) is 79.5 Å². The van der Waals surface area contributed by atoms with Gasteiger partial charge >= 0.3 is 0 Å². The van der Waals surface area contributed by atoms with Crippen LogP contribution < -0.4 is 20.7 Å². The summed E-state index contributed by atoms with van der Waals surface area (Å²) in [5.41, 5.74) is 1.19. The number of amides is 2. The number of nitrogens with one attached hydrogen (secondary N) is 3. The summed E-state index contributed by atoms with van der Waals surface area (Å²) < 4.78 is 5.34. The molecule has 1 aromatic carbocycles. The molecule has 0 fully saturated rings. The summed E-state index contributed by atoms with van der Waals surface area (Å²) in [6.45, 7) is 3.92. The van der Waals surface area contributed by atoms with Gasteiger partial charge in [0, 0.05) is 18.2 Å². The first-order chi connectivity index (χ1) is 12.4. The molecule has 0 radical (unpaired) electrons. The number of hydrogen-bond donors (Lipinski definition) is 3. The van der Waals surface area contributed by atoms with Crippen LogP contribution in [0, 0.1) is 5.92 Å². The fourth-order valence-electron chi connectivity index (χ4n) is 2.17. The van der Waals surface area contributed by atoms with Gasteiger partial charge in [0.25, 0.3) is 5.91 Å². The lowest BCUT2D eigenvalue weighted by Gasteiger charge is -2.14. The minimum Gasteiger partial charge on any atom is -0.494 e. The third kappa shape index (κ3) is 5.82. The molecule has 0 spiro atoms. The van der Waals surface area contributed by atoms with Crippen LogP contribution in [-0.4, -0.2) is 24.0 Å². The van der Waals surface area contributed by atoms with Crippen LogP contribution in [0.5, 0.6) is 5.75 Å². The highest BCUT2D eigenvalue weighted by Crippen LogP contribution is 2.28. The zero-order valence-corrected chi connectivity index (χ0v) is 16.4. The Morgan fingerprint density at radius 1 is 1.23 bits per heavy atom. The number of methoxy groups -OCH3 is 1. The van der Waals surface area contributed by atoms with Crippen LogP contribution in [0.2, 0.25) is 0 Å².